The van der Waals surface area contributed by atoms with Gasteiger partial charge in [0.2, 0.25) is 0 Å². The maximum absolute atomic E-state index is 12.9. The second-order valence-electron chi connectivity index (χ2n) is 6.56. The number of rotatable bonds is 7. The van der Waals surface area contributed by atoms with Gasteiger partial charge in [-0.2, -0.15) is 0 Å². The molecule has 0 aliphatic carbocycles. The fourth-order valence-corrected chi connectivity index (χ4v) is 3.25. The third-order valence-electron chi connectivity index (χ3n) is 4.25. The Morgan fingerprint density at radius 2 is 1.97 bits per heavy atom. The van der Waals surface area contributed by atoms with Gasteiger partial charge in [-0.05, 0) is 60.3 Å². The van der Waals surface area contributed by atoms with Crippen LogP contribution < -0.4 is 15.4 Å². The number of ether oxygens (including phenoxy) is 1. The Hall–Kier alpha value is -3.56. The molecule has 1 fully saturated rings. The van der Waals surface area contributed by atoms with E-state index in [0.29, 0.717) is 11.3 Å². The summed E-state index contributed by atoms with van der Waals surface area (Å²) < 4.78 is 18.3. The summed E-state index contributed by atoms with van der Waals surface area (Å²) in [5.74, 6) is -1.80. The molecule has 3 rings (SSSR count). The summed E-state index contributed by atoms with van der Waals surface area (Å²) >= 11 is 11.2. The van der Waals surface area contributed by atoms with Crippen LogP contribution in [0.15, 0.2) is 60.7 Å². The molecule has 3 amide bonds. The lowest BCUT2D eigenvalue weighted by atomic mass is 10.1. The van der Waals surface area contributed by atoms with Crippen molar-refractivity contribution in [1.82, 2.24) is 10.2 Å². The molecule has 0 spiro atoms. The quantitative estimate of drug-likeness (QED) is 0.279. The van der Waals surface area contributed by atoms with Gasteiger partial charge in [-0.3, -0.25) is 24.6 Å². The molecule has 0 bridgehead atoms. The molecular formula is C22H17ClFN3O4S. The lowest BCUT2D eigenvalue weighted by Gasteiger charge is -2.27. The number of carbonyl (C=O) groups excluding carboxylic acids is 3. The predicted molar refractivity (Wildman–Crippen MR) is 123 cm³/mol. The van der Waals surface area contributed by atoms with E-state index in [0.717, 1.165) is 0 Å². The number of hydrogen-bond acceptors (Lipinski definition) is 5. The highest BCUT2D eigenvalue weighted by Gasteiger charge is 2.32. The summed E-state index contributed by atoms with van der Waals surface area (Å²) in [7, 11) is 0. The van der Waals surface area contributed by atoms with Gasteiger partial charge < -0.3 is 10.1 Å². The Morgan fingerprint density at radius 1 is 1.25 bits per heavy atom. The Morgan fingerprint density at radius 3 is 2.62 bits per heavy atom. The Kier molecular flexibility index (Phi) is 7.34. The fraction of sp³-hybridized carbons (Fsp3) is 0.0909. The van der Waals surface area contributed by atoms with Gasteiger partial charge in [0.05, 0.1) is 5.02 Å². The molecule has 164 valence electrons. The van der Waals surface area contributed by atoms with Crippen LogP contribution in [0.5, 0.6) is 5.75 Å². The lowest BCUT2D eigenvalue weighted by molar-refractivity contribution is -0.128. The molecule has 0 atom stereocenters. The molecule has 0 saturated carbocycles. The zero-order valence-electron chi connectivity index (χ0n) is 16.6. The van der Waals surface area contributed by atoms with E-state index in [9.17, 15) is 18.8 Å². The van der Waals surface area contributed by atoms with Crippen LogP contribution in [-0.2, 0) is 14.4 Å². The fourth-order valence-electron chi connectivity index (χ4n) is 2.75. The van der Waals surface area contributed by atoms with E-state index in [1.807, 2.05) is 0 Å². The average Bonchev–Trinajstić information content (AvgIpc) is 2.75. The first kappa shape index (κ1) is 23.1. The van der Waals surface area contributed by atoms with E-state index in [1.165, 1.54) is 53.5 Å². The molecule has 2 aromatic rings. The van der Waals surface area contributed by atoms with Crippen LogP contribution in [0.3, 0.4) is 0 Å². The van der Waals surface area contributed by atoms with Gasteiger partial charge >= 0.3 is 0 Å². The summed E-state index contributed by atoms with van der Waals surface area (Å²) in [5, 5.41) is 5.21. The van der Waals surface area contributed by atoms with Crippen LogP contribution in [0, 0.1) is 5.82 Å². The van der Waals surface area contributed by atoms with Crippen molar-refractivity contribution in [2.24, 2.45) is 0 Å². The molecular weight excluding hydrogens is 457 g/mol. The van der Waals surface area contributed by atoms with E-state index in [1.54, 1.807) is 6.07 Å². The van der Waals surface area contributed by atoms with E-state index in [2.05, 4.69) is 17.2 Å². The first-order valence-corrected chi connectivity index (χ1v) is 10.0. The number of benzene rings is 2. The Labute approximate surface area is 193 Å². The molecule has 1 heterocycles. The molecule has 1 saturated heterocycles. The van der Waals surface area contributed by atoms with E-state index >= 15 is 0 Å². The highest BCUT2D eigenvalue weighted by Crippen LogP contribution is 2.27. The average molecular weight is 474 g/mol. The highest BCUT2D eigenvalue weighted by atomic mass is 35.5. The van der Waals surface area contributed by atoms with Crippen LogP contribution in [-0.4, -0.2) is 40.9 Å². The molecule has 7 nitrogen and oxygen atoms in total. The van der Waals surface area contributed by atoms with Gasteiger partial charge in [-0.15, -0.1) is 6.58 Å². The van der Waals surface area contributed by atoms with Crippen molar-refractivity contribution in [3.8, 4) is 5.75 Å². The first-order chi connectivity index (χ1) is 15.3. The molecule has 0 unspecified atom stereocenters. The van der Waals surface area contributed by atoms with Crippen molar-refractivity contribution in [3.63, 3.8) is 0 Å². The van der Waals surface area contributed by atoms with Gasteiger partial charge in [0.15, 0.2) is 11.7 Å². The minimum Gasteiger partial charge on any atom is -0.482 e. The highest BCUT2D eigenvalue weighted by molar-refractivity contribution is 7.80. The number of amides is 3. The number of halogens is 2. The SMILES string of the molecule is C=CCN1C(=O)/C(=C/c2ccc(OCC(=O)Nc3ccc(F)cc3)c(Cl)c2)C(=O)NC1=S. The first-order valence-electron chi connectivity index (χ1n) is 9.26. The monoisotopic (exact) mass is 473 g/mol. The smallest absolute Gasteiger partial charge is 0.265 e. The lowest BCUT2D eigenvalue weighted by Crippen LogP contribution is -2.53. The predicted octanol–water partition coefficient (Wildman–Crippen LogP) is 3.31. The van der Waals surface area contributed by atoms with Crippen molar-refractivity contribution in [1.29, 1.82) is 0 Å². The van der Waals surface area contributed by atoms with Crippen molar-refractivity contribution in [2.45, 2.75) is 0 Å². The number of thiocarbonyl (C=S) groups is 1. The maximum atomic E-state index is 12.9. The summed E-state index contributed by atoms with van der Waals surface area (Å²) in [4.78, 5) is 38.0. The van der Waals surface area contributed by atoms with Crippen LogP contribution in [0.4, 0.5) is 10.1 Å². The Balaban J connectivity index is 1.68. The molecule has 1 aliphatic rings. The molecule has 1 aliphatic heterocycles. The van der Waals surface area contributed by atoms with E-state index < -0.39 is 23.5 Å². The van der Waals surface area contributed by atoms with Gasteiger partial charge in [0, 0.05) is 12.2 Å². The zero-order valence-corrected chi connectivity index (χ0v) is 18.1. The summed E-state index contributed by atoms with van der Waals surface area (Å²) in [6.45, 7) is 3.40. The summed E-state index contributed by atoms with van der Waals surface area (Å²) in [6, 6.07) is 9.88. The van der Waals surface area contributed by atoms with E-state index in [4.69, 9.17) is 28.6 Å². The molecule has 0 aromatic heterocycles. The van der Waals surface area contributed by atoms with Crippen LogP contribution >= 0.6 is 23.8 Å². The zero-order chi connectivity index (χ0) is 23.3. The van der Waals surface area contributed by atoms with Crippen molar-refractivity contribution in [2.75, 3.05) is 18.5 Å². The van der Waals surface area contributed by atoms with Crippen LogP contribution in [0.2, 0.25) is 5.02 Å². The normalized spacial score (nSPS) is 14.9. The molecule has 2 N–H and O–H groups in total. The number of carbonyl (C=O) groups is 3. The molecule has 0 radical (unpaired) electrons. The molecule has 32 heavy (non-hydrogen) atoms. The van der Waals surface area contributed by atoms with Crippen molar-refractivity contribution < 1.29 is 23.5 Å². The minimum absolute atomic E-state index is 0.0118. The number of nitrogens with zero attached hydrogens (tertiary/aromatic N) is 1. The Bertz CT molecular complexity index is 1130. The second-order valence-corrected chi connectivity index (χ2v) is 7.35. The minimum atomic E-state index is -0.616. The topological polar surface area (TPSA) is 87.7 Å². The van der Waals surface area contributed by atoms with E-state index in [-0.39, 0.29) is 34.6 Å². The summed E-state index contributed by atoms with van der Waals surface area (Å²) in [5.41, 5.74) is 0.792. The second kappa shape index (κ2) is 10.2. The van der Waals surface area contributed by atoms with Gasteiger partial charge in [0.25, 0.3) is 17.7 Å². The van der Waals surface area contributed by atoms with Crippen molar-refractivity contribution in [3.05, 3.63) is 77.1 Å². The van der Waals surface area contributed by atoms with Gasteiger partial charge in [0.1, 0.15) is 17.1 Å². The number of hydrogen-bond donors (Lipinski definition) is 2. The summed E-state index contributed by atoms with van der Waals surface area (Å²) in [6.07, 6.45) is 2.88. The maximum Gasteiger partial charge on any atom is 0.265 e. The standard InChI is InChI=1S/C22H17ClFN3O4S/c1-2-9-27-21(30)16(20(29)26-22(27)32)10-13-3-8-18(17(23)11-13)31-12-19(28)25-15-6-4-14(24)5-7-15/h2-8,10-11H,1,9,12H2,(H,25,28)(H,26,29,32)/b16-10+. The molecule has 2 aromatic carbocycles. The van der Waals surface area contributed by atoms with Crippen molar-refractivity contribution >= 4 is 58.4 Å². The molecule has 10 heteroatoms. The van der Waals surface area contributed by atoms with Gasteiger partial charge in [-0.25, -0.2) is 4.39 Å². The van der Waals surface area contributed by atoms with Gasteiger partial charge in [-0.1, -0.05) is 23.7 Å². The third-order valence-corrected chi connectivity index (χ3v) is 4.87. The largest absolute Gasteiger partial charge is 0.482 e. The van der Waals surface area contributed by atoms with Crippen LogP contribution in [0.25, 0.3) is 6.08 Å². The van der Waals surface area contributed by atoms with Crippen LogP contribution in [0.1, 0.15) is 5.56 Å². The number of anilines is 1. The third kappa shape index (κ3) is 5.57. The number of nitrogens with one attached hydrogen (secondary N) is 2.